The number of carbonyl (C=O) groups is 4. The number of carbonyl (C=O) groups excluding carboxylic acids is 4. The first-order valence-electron chi connectivity index (χ1n) is 4.88. The van der Waals surface area contributed by atoms with Crippen molar-refractivity contribution in [2.24, 2.45) is 0 Å². The maximum atomic E-state index is 11.0. The Balaban J connectivity index is 2.51. The molecule has 0 aromatic heterocycles. The Morgan fingerprint density at radius 2 is 0.824 bits per heavy atom. The maximum absolute atomic E-state index is 11.0. The first kappa shape index (κ1) is 12.9. The summed E-state index contributed by atoms with van der Waals surface area (Å²) in [6.45, 7) is 0. The van der Waals surface area contributed by atoms with Crippen molar-refractivity contribution in [3.63, 3.8) is 0 Å². The van der Waals surface area contributed by atoms with Crippen molar-refractivity contribution in [3.05, 3.63) is 0 Å². The van der Waals surface area contributed by atoms with Crippen LogP contribution >= 0.6 is 0 Å². The third-order valence-corrected chi connectivity index (χ3v) is 1.75. The molecule has 1 aliphatic rings. The molecule has 1 aliphatic heterocycles. The quantitative estimate of drug-likeness (QED) is 0.548. The number of hydrogen-bond donors (Lipinski definition) is 0. The van der Waals surface area contributed by atoms with E-state index in [0.29, 0.717) is 0 Å². The van der Waals surface area contributed by atoms with E-state index < -0.39 is 23.9 Å². The highest BCUT2D eigenvalue weighted by molar-refractivity contribution is 5.79. The van der Waals surface area contributed by atoms with Crippen LogP contribution in [0.1, 0.15) is 32.1 Å². The van der Waals surface area contributed by atoms with Gasteiger partial charge in [0.2, 0.25) is 0 Å². The van der Waals surface area contributed by atoms with Gasteiger partial charge in [0.15, 0.2) is 0 Å². The molecule has 0 unspecified atom stereocenters. The fourth-order valence-corrected chi connectivity index (χ4v) is 0.934. The van der Waals surface area contributed by atoms with Crippen LogP contribution in [0.2, 0.25) is 0 Å². The average Bonchev–Trinajstić information content (AvgIpc) is 2.31. The zero-order chi connectivity index (χ0) is 12.7. The lowest BCUT2D eigenvalue weighted by Gasteiger charge is -2.01. The molecule has 17 heavy (non-hydrogen) atoms. The third-order valence-electron chi connectivity index (χ3n) is 1.75. The van der Waals surface area contributed by atoms with Crippen LogP contribution in [0, 0.1) is 0 Å². The minimum Gasteiger partial charge on any atom is -0.247 e. The number of hydrogen-bond acceptors (Lipinski definition) is 8. The predicted octanol–water partition coefficient (Wildman–Crippen LogP) is -0.0467. The Morgan fingerprint density at radius 1 is 0.529 bits per heavy atom. The smallest absolute Gasteiger partial charge is 0.247 e. The molecule has 0 spiro atoms. The zero-order valence-electron chi connectivity index (χ0n) is 8.80. The summed E-state index contributed by atoms with van der Waals surface area (Å²) in [5.74, 6) is -3.34. The van der Waals surface area contributed by atoms with Crippen molar-refractivity contribution in [2.75, 3.05) is 0 Å². The molecule has 8 heteroatoms. The van der Waals surface area contributed by atoms with E-state index >= 15 is 0 Å². The summed E-state index contributed by atoms with van der Waals surface area (Å²) >= 11 is 0. The van der Waals surface area contributed by atoms with Gasteiger partial charge in [0.25, 0.3) is 0 Å². The van der Waals surface area contributed by atoms with Gasteiger partial charge in [-0.05, 0) is 6.42 Å². The normalized spacial score (nSPS) is 19.8. The van der Waals surface area contributed by atoms with E-state index in [9.17, 15) is 19.2 Å². The number of rotatable bonds is 0. The van der Waals surface area contributed by atoms with Crippen LogP contribution in [-0.2, 0) is 38.7 Å². The molecule has 0 saturated carbocycles. The lowest BCUT2D eigenvalue weighted by molar-refractivity contribution is -0.261. The van der Waals surface area contributed by atoms with Gasteiger partial charge in [-0.15, -0.1) is 0 Å². The highest BCUT2D eigenvalue weighted by atomic mass is 17.2. The van der Waals surface area contributed by atoms with Crippen LogP contribution in [0.15, 0.2) is 0 Å². The van der Waals surface area contributed by atoms with Gasteiger partial charge in [0.05, 0.1) is 25.7 Å². The molecule has 0 N–H and O–H groups in total. The third kappa shape index (κ3) is 5.50. The van der Waals surface area contributed by atoms with E-state index in [2.05, 4.69) is 19.6 Å². The molecule has 0 aromatic carbocycles. The van der Waals surface area contributed by atoms with Crippen molar-refractivity contribution in [3.8, 4) is 0 Å². The van der Waals surface area contributed by atoms with Gasteiger partial charge in [-0.1, -0.05) is 0 Å². The second kappa shape index (κ2) is 6.46. The molecule has 0 bridgehead atoms. The van der Waals surface area contributed by atoms with Crippen LogP contribution in [0.5, 0.6) is 0 Å². The van der Waals surface area contributed by atoms with Gasteiger partial charge in [-0.3, -0.25) is 0 Å². The molecule has 1 rings (SSSR count). The molecule has 1 saturated heterocycles. The lowest BCUT2D eigenvalue weighted by Crippen LogP contribution is -2.13. The first-order valence-corrected chi connectivity index (χ1v) is 4.88. The Labute approximate surface area is 95.6 Å². The van der Waals surface area contributed by atoms with Crippen molar-refractivity contribution >= 4 is 23.9 Å². The topological polar surface area (TPSA) is 105 Å². The summed E-state index contributed by atoms with van der Waals surface area (Å²) in [7, 11) is 0. The molecule has 94 valence electrons. The second-order valence-corrected chi connectivity index (χ2v) is 3.17. The SMILES string of the molecule is O=C1CCCC(=O)OOC(=O)CCC(=O)OO1. The predicted molar refractivity (Wildman–Crippen MR) is 47.5 cm³/mol. The Hall–Kier alpha value is -2.12. The summed E-state index contributed by atoms with van der Waals surface area (Å²) in [5.41, 5.74) is 0. The lowest BCUT2D eigenvalue weighted by atomic mass is 10.2. The summed E-state index contributed by atoms with van der Waals surface area (Å²) in [6.07, 6.45) is -0.785. The monoisotopic (exact) mass is 246 g/mol. The summed E-state index contributed by atoms with van der Waals surface area (Å²) < 4.78 is 0. The molecule has 0 radical (unpaired) electrons. The fraction of sp³-hybridized carbons (Fsp3) is 0.556. The summed E-state index contributed by atoms with van der Waals surface area (Å²) in [4.78, 5) is 60.3. The van der Waals surface area contributed by atoms with Crippen LogP contribution in [0.4, 0.5) is 0 Å². The average molecular weight is 246 g/mol. The highest BCUT2D eigenvalue weighted by Gasteiger charge is 2.17. The minimum absolute atomic E-state index is 0.115. The molecule has 0 aliphatic carbocycles. The van der Waals surface area contributed by atoms with Gasteiger partial charge in [-0.25, -0.2) is 38.7 Å². The molecular weight excluding hydrogens is 236 g/mol. The van der Waals surface area contributed by atoms with Crippen LogP contribution in [0.25, 0.3) is 0 Å². The van der Waals surface area contributed by atoms with E-state index in [-0.39, 0.29) is 32.1 Å². The van der Waals surface area contributed by atoms with E-state index in [0.717, 1.165) is 0 Å². The van der Waals surface area contributed by atoms with Gasteiger partial charge in [0.1, 0.15) is 0 Å². The summed E-state index contributed by atoms with van der Waals surface area (Å²) in [5, 5.41) is 0. The Bertz CT molecular complexity index is 302. The second-order valence-electron chi connectivity index (χ2n) is 3.17. The molecule has 1 heterocycles. The van der Waals surface area contributed by atoms with E-state index in [1.807, 2.05) is 0 Å². The maximum Gasteiger partial charge on any atom is 0.356 e. The Kier molecular flexibility index (Phi) is 4.92. The van der Waals surface area contributed by atoms with Gasteiger partial charge in [0, 0.05) is 0 Å². The Morgan fingerprint density at radius 3 is 1.18 bits per heavy atom. The molecule has 8 nitrogen and oxygen atoms in total. The van der Waals surface area contributed by atoms with Gasteiger partial charge >= 0.3 is 23.9 Å². The highest BCUT2D eigenvalue weighted by Crippen LogP contribution is 2.04. The largest absolute Gasteiger partial charge is 0.356 e. The van der Waals surface area contributed by atoms with Gasteiger partial charge < -0.3 is 0 Å². The van der Waals surface area contributed by atoms with Crippen molar-refractivity contribution in [2.45, 2.75) is 32.1 Å². The van der Waals surface area contributed by atoms with Crippen LogP contribution in [-0.4, -0.2) is 23.9 Å². The van der Waals surface area contributed by atoms with Gasteiger partial charge in [-0.2, -0.15) is 0 Å². The molecule has 0 amide bonds. The standard InChI is InChI=1S/C9H10O8/c10-6-2-1-3-7(11)15-17-9(13)5-4-8(12)16-14-6/h1-5H2. The molecule has 0 aromatic rings. The van der Waals surface area contributed by atoms with Crippen molar-refractivity contribution < 1.29 is 38.7 Å². The van der Waals surface area contributed by atoms with Crippen molar-refractivity contribution in [1.29, 1.82) is 0 Å². The fourth-order valence-electron chi connectivity index (χ4n) is 0.934. The van der Waals surface area contributed by atoms with E-state index in [4.69, 9.17) is 0 Å². The van der Waals surface area contributed by atoms with E-state index in [1.165, 1.54) is 0 Å². The molecule has 0 atom stereocenters. The van der Waals surface area contributed by atoms with Crippen molar-refractivity contribution in [1.82, 2.24) is 0 Å². The van der Waals surface area contributed by atoms with Crippen LogP contribution in [0.3, 0.4) is 0 Å². The summed E-state index contributed by atoms with van der Waals surface area (Å²) in [6, 6.07) is 0. The first-order chi connectivity index (χ1) is 8.08. The minimum atomic E-state index is -0.888. The molecule has 1 fully saturated rings. The molecular formula is C9H10O8. The zero-order valence-corrected chi connectivity index (χ0v) is 8.80. The van der Waals surface area contributed by atoms with E-state index in [1.54, 1.807) is 0 Å². The van der Waals surface area contributed by atoms with Crippen LogP contribution < -0.4 is 0 Å².